The molecule has 3 rings (SSSR count). The van der Waals surface area contributed by atoms with Crippen LogP contribution in [0, 0.1) is 0 Å². The Morgan fingerprint density at radius 3 is 2.59 bits per heavy atom. The summed E-state index contributed by atoms with van der Waals surface area (Å²) in [5, 5.41) is 0. The monoisotopic (exact) mass is 388 g/mol. The number of rotatable bonds is 7. The van der Waals surface area contributed by atoms with Gasteiger partial charge in [0.1, 0.15) is 11.6 Å². The summed E-state index contributed by atoms with van der Waals surface area (Å²) < 4.78 is 36.7. The molecule has 0 saturated heterocycles. The maximum absolute atomic E-state index is 12.0. The highest BCUT2D eigenvalue weighted by Gasteiger charge is 2.29. The summed E-state index contributed by atoms with van der Waals surface area (Å²) in [5.41, 5.74) is 1.56. The molecule has 0 amide bonds. The Kier molecular flexibility index (Phi) is 5.75. The minimum Gasteiger partial charge on any atom is -0.497 e. The van der Waals surface area contributed by atoms with E-state index in [1.807, 2.05) is 24.3 Å². The molecule has 1 N–H and O–H groups in total. The molecule has 0 aromatic heterocycles. The summed E-state index contributed by atoms with van der Waals surface area (Å²) in [6, 6.07) is 14.1. The van der Waals surface area contributed by atoms with Crippen LogP contribution in [0.2, 0.25) is 0 Å². The van der Waals surface area contributed by atoms with Gasteiger partial charge in [0.15, 0.2) is 0 Å². The predicted octanol–water partition coefficient (Wildman–Crippen LogP) is 1.91. The number of nitrogens with one attached hydrogen (secondary N) is 1. The molecule has 0 atom stereocenters. The molecule has 0 saturated carbocycles. The molecule has 0 bridgehead atoms. The minimum absolute atomic E-state index is 0.0794. The Morgan fingerprint density at radius 2 is 1.85 bits per heavy atom. The van der Waals surface area contributed by atoms with Gasteiger partial charge in [-0.05, 0) is 29.8 Å². The second kappa shape index (κ2) is 8.22. The van der Waals surface area contributed by atoms with Gasteiger partial charge in [-0.25, -0.2) is 8.42 Å². The van der Waals surface area contributed by atoms with Crippen LogP contribution >= 0.6 is 0 Å². The number of esters is 1. The van der Waals surface area contributed by atoms with Crippen LogP contribution in [0.25, 0.3) is 0 Å². The Hall–Kier alpha value is -2.87. The van der Waals surface area contributed by atoms with Gasteiger partial charge >= 0.3 is 5.97 Å². The van der Waals surface area contributed by atoms with Crippen LogP contribution < -0.4 is 9.46 Å². The largest absolute Gasteiger partial charge is 0.497 e. The number of benzene rings is 2. The maximum atomic E-state index is 12.0. The third-order valence-electron chi connectivity index (χ3n) is 4.06. The summed E-state index contributed by atoms with van der Waals surface area (Å²) >= 11 is 0. The first-order valence-electron chi connectivity index (χ1n) is 8.45. The molecule has 0 radical (unpaired) electrons. The molecule has 27 heavy (non-hydrogen) atoms. The molecule has 1 heterocycles. The van der Waals surface area contributed by atoms with Crippen molar-refractivity contribution in [3.8, 4) is 5.75 Å². The van der Waals surface area contributed by atoms with Crippen molar-refractivity contribution in [2.75, 3.05) is 20.3 Å². The number of carbonyl (C=O) groups is 1. The summed E-state index contributed by atoms with van der Waals surface area (Å²) in [6.07, 6.45) is 0.688. The number of ether oxygens (including phenoxy) is 2. The molecule has 2 aromatic rings. The standard InChI is InChI=1S/C19H20N2O5S/c1-25-15-8-6-14(7-9-15)11-13-26-18(22)10-12-20-19-16-4-2-3-5-17(16)27(23,24)21-19/h2-9H,10-13H2,1H3,(H,20,21). The first-order chi connectivity index (χ1) is 13.0. The van der Waals surface area contributed by atoms with Crippen LogP contribution in [-0.2, 0) is 26.0 Å². The lowest BCUT2D eigenvalue weighted by molar-refractivity contribution is -0.143. The van der Waals surface area contributed by atoms with Crippen molar-refractivity contribution in [1.82, 2.24) is 4.72 Å². The number of amidine groups is 1. The Labute approximate surface area is 158 Å². The first-order valence-corrected chi connectivity index (χ1v) is 9.93. The van der Waals surface area contributed by atoms with Crippen molar-refractivity contribution >= 4 is 21.8 Å². The molecule has 2 aromatic carbocycles. The molecule has 0 aliphatic carbocycles. The van der Waals surface area contributed by atoms with Crippen molar-refractivity contribution < 1.29 is 22.7 Å². The second-order valence-electron chi connectivity index (χ2n) is 5.90. The Balaban J connectivity index is 1.46. The van der Waals surface area contributed by atoms with E-state index < -0.39 is 10.0 Å². The van der Waals surface area contributed by atoms with Crippen LogP contribution in [0.1, 0.15) is 17.5 Å². The fourth-order valence-electron chi connectivity index (χ4n) is 2.66. The lowest BCUT2D eigenvalue weighted by atomic mass is 10.1. The number of sulfonamides is 1. The van der Waals surface area contributed by atoms with Gasteiger partial charge in [0, 0.05) is 12.0 Å². The highest BCUT2D eigenvalue weighted by Crippen LogP contribution is 2.22. The first kappa shape index (κ1) is 18.9. The number of carbonyl (C=O) groups excluding carboxylic acids is 1. The van der Waals surface area contributed by atoms with Crippen LogP contribution in [0.15, 0.2) is 58.4 Å². The van der Waals surface area contributed by atoms with Gasteiger partial charge in [0.2, 0.25) is 0 Å². The number of aliphatic imine (C=N–C) groups is 1. The number of fused-ring (bicyclic) bond motifs is 1. The molecule has 0 spiro atoms. The van der Waals surface area contributed by atoms with E-state index in [1.165, 1.54) is 6.07 Å². The van der Waals surface area contributed by atoms with E-state index in [2.05, 4.69) is 9.71 Å². The normalized spacial score (nSPS) is 15.8. The quantitative estimate of drug-likeness (QED) is 0.731. The average molecular weight is 388 g/mol. The summed E-state index contributed by atoms with van der Waals surface area (Å²) in [4.78, 5) is 16.2. The second-order valence-corrected chi connectivity index (χ2v) is 7.55. The Bertz CT molecular complexity index is 952. The molecule has 8 heteroatoms. The topological polar surface area (TPSA) is 94.1 Å². The molecular weight excluding hydrogens is 368 g/mol. The van der Waals surface area contributed by atoms with E-state index in [9.17, 15) is 13.2 Å². The summed E-state index contributed by atoms with van der Waals surface area (Å²) in [7, 11) is -1.95. The van der Waals surface area contributed by atoms with Crippen LogP contribution in [-0.4, -0.2) is 40.5 Å². The van der Waals surface area contributed by atoms with Crippen molar-refractivity contribution in [2.45, 2.75) is 17.7 Å². The van der Waals surface area contributed by atoms with Gasteiger partial charge in [-0.3, -0.25) is 14.5 Å². The molecule has 0 unspecified atom stereocenters. The van der Waals surface area contributed by atoms with Gasteiger partial charge in [0.25, 0.3) is 10.0 Å². The van der Waals surface area contributed by atoms with Gasteiger partial charge in [-0.1, -0.05) is 24.3 Å². The molecular formula is C19H20N2O5S. The van der Waals surface area contributed by atoms with Gasteiger partial charge in [0.05, 0.1) is 31.6 Å². The van der Waals surface area contributed by atoms with Crippen molar-refractivity contribution in [1.29, 1.82) is 0 Å². The van der Waals surface area contributed by atoms with Crippen LogP contribution in [0.3, 0.4) is 0 Å². The highest BCUT2D eigenvalue weighted by molar-refractivity contribution is 7.90. The zero-order valence-electron chi connectivity index (χ0n) is 14.8. The maximum Gasteiger partial charge on any atom is 0.307 e. The zero-order chi connectivity index (χ0) is 19.3. The minimum atomic E-state index is -3.56. The zero-order valence-corrected chi connectivity index (χ0v) is 15.7. The lowest BCUT2D eigenvalue weighted by Crippen LogP contribution is -2.22. The fourth-order valence-corrected chi connectivity index (χ4v) is 3.91. The average Bonchev–Trinajstić information content (AvgIpc) is 2.93. The van der Waals surface area contributed by atoms with E-state index in [4.69, 9.17) is 9.47 Å². The van der Waals surface area contributed by atoms with Crippen LogP contribution in [0.5, 0.6) is 5.75 Å². The van der Waals surface area contributed by atoms with Crippen molar-refractivity contribution in [2.24, 2.45) is 4.99 Å². The van der Waals surface area contributed by atoms with Crippen LogP contribution in [0.4, 0.5) is 0 Å². The fraction of sp³-hybridized carbons (Fsp3) is 0.263. The number of hydrogen-bond acceptors (Lipinski definition) is 6. The lowest BCUT2D eigenvalue weighted by Gasteiger charge is -2.05. The number of nitrogens with zero attached hydrogens (tertiary/aromatic N) is 1. The Morgan fingerprint density at radius 1 is 1.11 bits per heavy atom. The van der Waals surface area contributed by atoms with E-state index in [0.29, 0.717) is 12.0 Å². The van der Waals surface area contributed by atoms with Crippen molar-refractivity contribution in [3.05, 3.63) is 59.7 Å². The highest BCUT2D eigenvalue weighted by atomic mass is 32.2. The van der Waals surface area contributed by atoms with E-state index in [1.54, 1.807) is 25.3 Å². The molecule has 1 aliphatic rings. The van der Waals surface area contributed by atoms with Crippen molar-refractivity contribution in [3.63, 3.8) is 0 Å². The third kappa shape index (κ3) is 4.65. The summed E-state index contributed by atoms with van der Waals surface area (Å²) in [5.74, 6) is 0.664. The van der Waals surface area contributed by atoms with Gasteiger partial charge in [-0.2, -0.15) is 0 Å². The molecule has 7 nitrogen and oxygen atoms in total. The smallest absolute Gasteiger partial charge is 0.307 e. The van der Waals surface area contributed by atoms with Gasteiger partial charge < -0.3 is 9.47 Å². The third-order valence-corrected chi connectivity index (χ3v) is 5.46. The molecule has 0 fully saturated rings. The van der Waals surface area contributed by atoms with E-state index in [-0.39, 0.29) is 36.3 Å². The van der Waals surface area contributed by atoms with E-state index >= 15 is 0 Å². The number of methoxy groups -OCH3 is 1. The molecule has 142 valence electrons. The SMILES string of the molecule is COc1ccc(CCOC(=O)CCN=C2NS(=O)(=O)c3ccccc32)cc1. The summed E-state index contributed by atoms with van der Waals surface area (Å²) in [6.45, 7) is 0.421. The number of hydrogen-bond donors (Lipinski definition) is 1. The predicted molar refractivity (Wildman–Crippen MR) is 100 cm³/mol. The molecule has 1 aliphatic heterocycles. The van der Waals surface area contributed by atoms with E-state index in [0.717, 1.165) is 11.3 Å². The van der Waals surface area contributed by atoms with Gasteiger partial charge in [-0.15, -0.1) is 0 Å².